The Balaban J connectivity index is 1.39. The van der Waals surface area contributed by atoms with Crippen LogP contribution in [0.3, 0.4) is 0 Å². The topological polar surface area (TPSA) is 96.9 Å². The first-order chi connectivity index (χ1) is 17.9. The van der Waals surface area contributed by atoms with E-state index >= 15 is 0 Å². The minimum Gasteiger partial charge on any atom is -0.422 e. The summed E-state index contributed by atoms with van der Waals surface area (Å²) < 4.78 is 6.32. The molecule has 0 atom stereocenters. The van der Waals surface area contributed by atoms with Crippen molar-refractivity contribution in [2.75, 3.05) is 5.32 Å². The van der Waals surface area contributed by atoms with E-state index in [1.807, 2.05) is 19.1 Å². The van der Waals surface area contributed by atoms with E-state index in [0.717, 1.165) is 10.0 Å². The van der Waals surface area contributed by atoms with Gasteiger partial charge in [-0.3, -0.25) is 9.59 Å². The van der Waals surface area contributed by atoms with Gasteiger partial charge in [0, 0.05) is 26.9 Å². The van der Waals surface area contributed by atoms with Crippen LogP contribution in [0.4, 0.5) is 5.69 Å². The molecule has 0 fully saturated rings. The minimum absolute atomic E-state index is 0.240. The molecule has 0 aliphatic heterocycles. The highest BCUT2D eigenvalue weighted by Gasteiger charge is 2.12. The van der Waals surface area contributed by atoms with Crippen molar-refractivity contribution in [3.05, 3.63) is 129 Å². The summed E-state index contributed by atoms with van der Waals surface area (Å²) in [4.78, 5) is 37.4. The van der Waals surface area contributed by atoms with Crippen LogP contribution in [0, 0.1) is 6.92 Å². The first kappa shape index (κ1) is 25.5. The van der Waals surface area contributed by atoms with Gasteiger partial charge in [0.1, 0.15) is 5.75 Å². The number of carbonyl (C=O) groups excluding carboxylic acids is 3. The Labute approximate surface area is 222 Å². The van der Waals surface area contributed by atoms with Crippen LogP contribution < -0.4 is 15.5 Å². The Morgan fingerprint density at radius 2 is 1.49 bits per heavy atom. The maximum Gasteiger partial charge on any atom is 0.343 e. The standard InChI is InChI=1S/C29H22BrN3O4/c1-19-6-5-9-22(16-19)29(36)37-26-15-12-24(30)17-23(26)18-31-33-28(35)21-10-13-25(14-11-21)32-27(34)20-7-3-2-4-8-20/h2-18H,1H3,(H,32,34)(H,33,35)/b31-18-. The number of hydrogen-bond donors (Lipinski definition) is 2. The van der Waals surface area contributed by atoms with Crippen LogP contribution in [0.25, 0.3) is 0 Å². The number of ether oxygens (including phenoxy) is 1. The van der Waals surface area contributed by atoms with Gasteiger partial charge in [0.2, 0.25) is 0 Å². The lowest BCUT2D eigenvalue weighted by Gasteiger charge is -2.09. The molecule has 8 heteroatoms. The van der Waals surface area contributed by atoms with Crippen molar-refractivity contribution >= 4 is 45.6 Å². The fourth-order valence-corrected chi connectivity index (χ4v) is 3.75. The second kappa shape index (κ2) is 11.9. The first-order valence-electron chi connectivity index (χ1n) is 11.3. The Bertz CT molecular complexity index is 1470. The van der Waals surface area contributed by atoms with Crippen molar-refractivity contribution < 1.29 is 19.1 Å². The Morgan fingerprint density at radius 1 is 0.784 bits per heavy atom. The highest BCUT2D eigenvalue weighted by atomic mass is 79.9. The monoisotopic (exact) mass is 555 g/mol. The fourth-order valence-electron chi connectivity index (χ4n) is 3.37. The van der Waals surface area contributed by atoms with Gasteiger partial charge in [0.05, 0.1) is 11.8 Å². The van der Waals surface area contributed by atoms with E-state index in [1.54, 1.807) is 84.9 Å². The quantitative estimate of drug-likeness (QED) is 0.126. The fraction of sp³-hybridized carbons (Fsp3) is 0.0345. The normalized spacial score (nSPS) is 10.6. The van der Waals surface area contributed by atoms with Crippen LogP contribution in [0.15, 0.2) is 107 Å². The molecule has 2 amide bonds. The molecule has 7 nitrogen and oxygen atoms in total. The zero-order valence-corrected chi connectivity index (χ0v) is 21.4. The summed E-state index contributed by atoms with van der Waals surface area (Å²) in [6.45, 7) is 1.89. The van der Waals surface area contributed by atoms with Gasteiger partial charge in [-0.25, -0.2) is 10.2 Å². The summed E-state index contributed by atoms with van der Waals surface area (Å²) in [5.74, 6) is -0.879. The minimum atomic E-state index is -0.496. The van der Waals surface area contributed by atoms with Crippen molar-refractivity contribution in [1.29, 1.82) is 0 Å². The number of rotatable bonds is 7. The second-order valence-electron chi connectivity index (χ2n) is 8.04. The van der Waals surface area contributed by atoms with Gasteiger partial charge in [-0.15, -0.1) is 0 Å². The van der Waals surface area contributed by atoms with Gasteiger partial charge in [-0.1, -0.05) is 51.8 Å². The van der Waals surface area contributed by atoms with Gasteiger partial charge in [-0.05, 0) is 73.7 Å². The van der Waals surface area contributed by atoms with Crippen LogP contribution in [-0.2, 0) is 0 Å². The number of aryl methyl sites for hydroxylation is 1. The lowest BCUT2D eigenvalue weighted by Crippen LogP contribution is -2.18. The van der Waals surface area contributed by atoms with Crippen molar-refractivity contribution in [3.63, 3.8) is 0 Å². The third-order valence-electron chi connectivity index (χ3n) is 5.24. The molecule has 0 radical (unpaired) electrons. The van der Waals surface area contributed by atoms with E-state index in [9.17, 15) is 14.4 Å². The predicted molar refractivity (Wildman–Crippen MR) is 146 cm³/mol. The third-order valence-corrected chi connectivity index (χ3v) is 5.73. The molecule has 0 unspecified atom stereocenters. The van der Waals surface area contributed by atoms with E-state index in [0.29, 0.717) is 33.7 Å². The lowest BCUT2D eigenvalue weighted by atomic mass is 10.1. The van der Waals surface area contributed by atoms with Gasteiger partial charge in [0.15, 0.2) is 0 Å². The molecule has 184 valence electrons. The van der Waals surface area contributed by atoms with Crippen LogP contribution in [0.2, 0.25) is 0 Å². The zero-order valence-electron chi connectivity index (χ0n) is 19.8. The van der Waals surface area contributed by atoms with E-state index in [4.69, 9.17) is 4.74 Å². The number of hydrogen-bond acceptors (Lipinski definition) is 5. The summed E-state index contributed by atoms with van der Waals surface area (Å²) in [6.07, 6.45) is 1.40. The molecular formula is C29H22BrN3O4. The zero-order chi connectivity index (χ0) is 26.2. The first-order valence-corrected chi connectivity index (χ1v) is 12.1. The number of nitrogens with one attached hydrogen (secondary N) is 2. The third kappa shape index (κ3) is 6.99. The molecule has 37 heavy (non-hydrogen) atoms. The molecule has 2 N–H and O–H groups in total. The van der Waals surface area contributed by atoms with E-state index in [2.05, 4.69) is 31.8 Å². The van der Waals surface area contributed by atoms with E-state index in [1.165, 1.54) is 6.21 Å². The number of anilines is 1. The van der Waals surface area contributed by atoms with Gasteiger partial charge in [-0.2, -0.15) is 5.10 Å². The van der Waals surface area contributed by atoms with E-state index < -0.39 is 11.9 Å². The molecule has 0 aliphatic carbocycles. The Hall–Kier alpha value is -4.56. The highest BCUT2D eigenvalue weighted by Crippen LogP contribution is 2.23. The molecule has 0 aliphatic rings. The van der Waals surface area contributed by atoms with Gasteiger partial charge in [0.25, 0.3) is 11.8 Å². The Kier molecular flexibility index (Phi) is 8.22. The average Bonchev–Trinajstić information content (AvgIpc) is 2.91. The summed E-state index contributed by atoms with van der Waals surface area (Å²) >= 11 is 3.39. The summed E-state index contributed by atoms with van der Waals surface area (Å²) in [5.41, 5.74) is 5.79. The molecular weight excluding hydrogens is 534 g/mol. The van der Waals surface area contributed by atoms with Crippen LogP contribution in [-0.4, -0.2) is 24.0 Å². The molecule has 0 saturated heterocycles. The largest absolute Gasteiger partial charge is 0.422 e. The second-order valence-corrected chi connectivity index (χ2v) is 8.95. The molecule has 0 bridgehead atoms. The van der Waals surface area contributed by atoms with Gasteiger partial charge < -0.3 is 10.1 Å². The number of carbonyl (C=O) groups is 3. The number of amides is 2. The average molecular weight is 556 g/mol. The number of benzene rings is 4. The maximum atomic E-state index is 12.6. The maximum absolute atomic E-state index is 12.6. The lowest BCUT2D eigenvalue weighted by molar-refractivity contribution is 0.0733. The number of halogens is 1. The summed E-state index contributed by atoms with van der Waals surface area (Å²) in [6, 6.07) is 27.5. The number of esters is 1. The van der Waals surface area contributed by atoms with Crippen LogP contribution in [0.1, 0.15) is 42.2 Å². The molecule has 4 aromatic carbocycles. The van der Waals surface area contributed by atoms with E-state index in [-0.39, 0.29) is 5.91 Å². The molecule has 0 saturated carbocycles. The molecule has 0 heterocycles. The van der Waals surface area contributed by atoms with Crippen LogP contribution in [0.5, 0.6) is 5.75 Å². The smallest absolute Gasteiger partial charge is 0.343 e. The van der Waals surface area contributed by atoms with Gasteiger partial charge >= 0.3 is 5.97 Å². The number of hydrazone groups is 1. The van der Waals surface area contributed by atoms with Crippen LogP contribution >= 0.6 is 15.9 Å². The van der Waals surface area contributed by atoms with Crippen molar-refractivity contribution in [3.8, 4) is 5.75 Å². The summed E-state index contributed by atoms with van der Waals surface area (Å²) in [7, 11) is 0. The molecule has 0 spiro atoms. The highest BCUT2D eigenvalue weighted by molar-refractivity contribution is 9.10. The molecule has 0 aromatic heterocycles. The number of nitrogens with zero attached hydrogens (tertiary/aromatic N) is 1. The van der Waals surface area contributed by atoms with Crippen molar-refractivity contribution in [1.82, 2.24) is 5.43 Å². The van der Waals surface area contributed by atoms with Crippen molar-refractivity contribution in [2.24, 2.45) is 5.10 Å². The van der Waals surface area contributed by atoms with Crippen molar-refractivity contribution in [2.45, 2.75) is 6.92 Å². The predicted octanol–water partition coefficient (Wildman–Crippen LogP) is 5.99. The molecule has 4 rings (SSSR count). The Morgan fingerprint density at radius 3 is 2.22 bits per heavy atom. The molecule has 4 aromatic rings. The summed E-state index contributed by atoms with van der Waals surface area (Å²) in [5, 5.41) is 6.80. The SMILES string of the molecule is Cc1cccc(C(=O)Oc2ccc(Br)cc2/C=N\NC(=O)c2ccc(NC(=O)c3ccccc3)cc2)c1.